The van der Waals surface area contributed by atoms with Crippen LogP contribution in [0.25, 0.3) is 0 Å². The summed E-state index contributed by atoms with van der Waals surface area (Å²) in [4.78, 5) is 6.98. The number of aromatic nitrogens is 2. The van der Waals surface area contributed by atoms with Gasteiger partial charge in [-0.15, -0.1) is 6.58 Å². The molecule has 0 radical (unpaired) electrons. The van der Waals surface area contributed by atoms with Gasteiger partial charge in [0.05, 0.1) is 6.20 Å². The van der Waals surface area contributed by atoms with Gasteiger partial charge in [0, 0.05) is 39.9 Å². The highest BCUT2D eigenvalue weighted by Crippen LogP contribution is 2.03. The summed E-state index contributed by atoms with van der Waals surface area (Å²) in [5.74, 6) is 1.02. The summed E-state index contributed by atoms with van der Waals surface area (Å²) in [6, 6.07) is 0. The van der Waals surface area contributed by atoms with Crippen LogP contribution in [-0.2, 0) is 13.5 Å². The number of hydrogen-bond acceptors (Lipinski definition) is 2. The van der Waals surface area contributed by atoms with Crippen LogP contribution in [-0.4, -0.2) is 47.3 Å². The van der Waals surface area contributed by atoms with E-state index in [9.17, 15) is 0 Å². The maximum absolute atomic E-state index is 4.74. The molecule has 0 saturated heterocycles. The van der Waals surface area contributed by atoms with Gasteiger partial charge in [-0.3, -0.25) is 9.67 Å². The Morgan fingerprint density at radius 1 is 1.39 bits per heavy atom. The zero-order chi connectivity index (χ0) is 16.9. The maximum Gasteiger partial charge on any atom is 0.193 e. The van der Waals surface area contributed by atoms with Crippen molar-refractivity contribution in [2.24, 2.45) is 12.0 Å². The van der Waals surface area contributed by atoms with Crippen LogP contribution in [0.5, 0.6) is 0 Å². The van der Waals surface area contributed by atoms with E-state index in [2.05, 4.69) is 42.1 Å². The molecule has 0 fully saturated rings. The Kier molecular flexibility index (Phi) is 9.84. The summed E-state index contributed by atoms with van der Waals surface area (Å²) in [5, 5.41) is 7.58. The van der Waals surface area contributed by atoms with Gasteiger partial charge in [0.25, 0.3) is 0 Å². The van der Waals surface area contributed by atoms with Crippen molar-refractivity contribution in [3.05, 3.63) is 30.6 Å². The Labute approximate surface area is 141 Å². The molecule has 0 amide bonds. The molecule has 1 aromatic heterocycles. The van der Waals surface area contributed by atoms with Crippen molar-refractivity contribution in [1.82, 2.24) is 20.0 Å². The molecule has 0 aliphatic carbocycles. The number of hydrogen-bond donors (Lipinski definition) is 1. The number of rotatable bonds is 11. The quantitative estimate of drug-likeness (QED) is 0.295. The number of nitrogens with one attached hydrogen (secondary N) is 1. The molecule has 0 aliphatic rings. The van der Waals surface area contributed by atoms with E-state index in [1.807, 2.05) is 24.0 Å². The van der Waals surface area contributed by atoms with Crippen LogP contribution in [0.1, 0.15) is 44.6 Å². The van der Waals surface area contributed by atoms with E-state index in [1.54, 1.807) is 0 Å². The molecule has 1 heterocycles. The Morgan fingerprint density at radius 3 is 2.87 bits per heavy atom. The highest BCUT2D eigenvalue weighted by molar-refractivity contribution is 5.79. The van der Waals surface area contributed by atoms with E-state index in [4.69, 9.17) is 4.99 Å². The summed E-state index contributed by atoms with van der Waals surface area (Å²) in [6.07, 6.45) is 12.9. The lowest BCUT2D eigenvalue weighted by atomic mass is 10.2. The summed E-state index contributed by atoms with van der Waals surface area (Å²) in [6.45, 7) is 8.68. The van der Waals surface area contributed by atoms with Gasteiger partial charge < -0.3 is 10.2 Å². The van der Waals surface area contributed by atoms with Crippen LogP contribution >= 0.6 is 0 Å². The standard InChI is InChI=1S/C18H33N5/c1-5-7-8-9-10-14-22(3)18(19-6-2)20-13-11-12-17-15-21-23(4)16-17/h5,15-16H,1,6-14H2,2-4H3,(H,19,20). The van der Waals surface area contributed by atoms with Crippen molar-refractivity contribution >= 4 is 5.96 Å². The van der Waals surface area contributed by atoms with Gasteiger partial charge in [0.1, 0.15) is 0 Å². The smallest absolute Gasteiger partial charge is 0.193 e. The monoisotopic (exact) mass is 319 g/mol. The number of allylic oxidation sites excluding steroid dienone is 1. The summed E-state index contributed by atoms with van der Waals surface area (Å²) in [7, 11) is 4.07. The summed E-state index contributed by atoms with van der Waals surface area (Å²) in [5.41, 5.74) is 1.28. The molecular formula is C18H33N5. The third-order valence-electron chi connectivity index (χ3n) is 3.74. The second-order valence-corrected chi connectivity index (χ2v) is 5.92. The van der Waals surface area contributed by atoms with E-state index < -0.39 is 0 Å². The number of aryl methyl sites for hydroxylation is 2. The van der Waals surface area contributed by atoms with E-state index in [0.717, 1.165) is 44.9 Å². The molecule has 0 aliphatic heterocycles. The first kappa shape index (κ1) is 19.3. The highest BCUT2D eigenvalue weighted by atomic mass is 15.3. The third kappa shape index (κ3) is 8.43. The molecule has 0 unspecified atom stereocenters. The number of guanidine groups is 1. The SMILES string of the molecule is C=CCCCCCN(C)C(=NCCCc1cnn(C)c1)NCC. The zero-order valence-electron chi connectivity index (χ0n) is 15.1. The topological polar surface area (TPSA) is 45.5 Å². The van der Waals surface area contributed by atoms with Gasteiger partial charge in [-0.1, -0.05) is 12.5 Å². The van der Waals surface area contributed by atoms with Crippen molar-refractivity contribution in [3.63, 3.8) is 0 Å². The average Bonchev–Trinajstić information content (AvgIpc) is 2.95. The molecule has 0 aromatic carbocycles. The zero-order valence-corrected chi connectivity index (χ0v) is 15.1. The Hall–Kier alpha value is -1.78. The predicted molar refractivity (Wildman–Crippen MR) is 98.8 cm³/mol. The van der Waals surface area contributed by atoms with Gasteiger partial charge in [0.2, 0.25) is 0 Å². The van der Waals surface area contributed by atoms with E-state index in [0.29, 0.717) is 0 Å². The molecular weight excluding hydrogens is 286 g/mol. The van der Waals surface area contributed by atoms with Gasteiger partial charge in [0.15, 0.2) is 5.96 Å². The van der Waals surface area contributed by atoms with Crippen molar-refractivity contribution in [1.29, 1.82) is 0 Å². The fourth-order valence-corrected chi connectivity index (χ4v) is 2.46. The molecule has 0 atom stereocenters. The summed E-state index contributed by atoms with van der Waals surface area (Å²) >= 11 is 0. The van der Waals surface area contributed by atoms with Gasteiger partial charge >= 0.3 is 0 Å². The molecule has 1 N–H and O–H groups in total. The largest absolute Gasteiger partial charge is 0.357 e. The Bertz CT molecular complexity index is 464. The first-order chi connectivity index (χ1) is 11.2. The van der Waals surface area contributed by atoms with Crippen molar-refractivity contribution in [2.45, 2.75) is 45.4 Å². The van der Waals surface area contributed by atoms with Crippen molar-refractivity contribution in [3.8, 4) is 0 Å². The lowest BCUT2D eigenvalue weighted by Gasteiger charge is -2.22. The van der Waals surface area contributed by atoms with Crippen LogP contribution in [0.15, 0.2) is 30.0 Å². The molecule has 0 spiro atoms. The highest BCUT2D eigenvalue weighted by Gasteiger charge is 2.05. The molecule has 0 bridgehead atoms. The van der Waals surface area contributed by atoms with Crippen molar-refractivity contribution < 1.29 is 0 Å². The molecule has 1 rings (SSSR count). The van der Waals surface area contributed by atoms with Gasteiger partial charge in [-0.05, 0) is 44.6 Å². The minimum Gasteiger partial charge on any atom is -0.357 e. The fraction of sp³-hybridized carbons (Fsp3) is 0.667. The van der Waals surface area contributed by atoms with Crippen LogP contribution in [0.4, 0.5) is 0 Å². The van der Waals surface area contributed by atoms with Crippen LogP contribution in [0, 0.1) is 0 Å². The number of aliphatic imine (C=N–C) groups is 1. The Balaban J connectivity index is 2.31. The lowest BCUT2D eigenvalue weighted by Crippen LogP contribution is -2.39. The molecule has 130 valence electrons. The summed E-state index contributed by atoms with van der Waals surface area (Å²) < 4.78 is 1.85. The number of unbranched alkanes of at least 4 members (excludes halogenated alkanes) is 3. The third-order valence-corrected chi connectivity index (χ3v) is 3.74. The minimum absolute atomic E-state index is 0.845. The number of nitrogens with zero attached hydrogens (tertiary/aromatic N) is 4. The average molecular weight is 319 g/mol. The minimum atomic E-state index is 0.845. The van der Waals surface area contributed by atoms with Crippen molar-refractivity contribution in [2.75, 3.05) is 26.7 Å². The van der Waals surface area contributed by atoms with Crippen LogP contribution < -0.4 is 5.32 Å². The molecule has 0 saturated carbocycles. The second-order valence-electron chi connectivity index (χ2n) is 5.92. The van der Waals surface area contributed by atoms with E-state index in [1.165, 1.54) is 24.8 Å². The molecule has 1 aromatic rings. The van der Waals surface area contributed by atoms with E-state index >= 15 is 0 Å². The lowest BCUT2D eigenvalue weighted by molar-refractivity contribution is 0.455. The van der Waals surface area contributed by atoms with Gasteiger partial charge in [-0.25, -0.2) is 0 Å². The molecule has 5 nitrogen and oxygen atoms in total. The normalized spacial score (nSPS) is 11.5. The van der Waals surface area contributed by atoms with E-state index in [-0.39, 0.29) is 0 Å². The fourth-order valence-electron chi connectivity index (χ4n) is 2.46. The van der Waals surface area contributed by atoms with Crippen LogP contribution in [0.2, 0.25) is 0 Å². The second kappa shape index (κ2) is 11.7. The predicted octanol–water partition coefficient (Wildman–Crippen LogP) is 3.00. The maximum atomic E-state index is 4.74. The Morgan fingerprint density at radius 2 is 2.22 bits per heavy atom. The first-order valence-corrected chi connectivity index (χ1v) is 8.75. The molecule has 5 heteroatoms. The molecule has 23 heavy (non-hydrogen) atoms. The van der Waals surface area contributed by atoms with Gasteiger partial charge in [-0.2, -0.15) is 5.10 Å². The first-order valence-electron chi connectivity index (χ1n) is 8.75. The van der Waals surface area contributed by atoms with Crippen LogP contribution in [0.3, 0.4) is 0 Å².